The van der Waals surface area contributed by atoms with E-state index in [1.54, 1.807) is 13.0 Å². The number of carbonyl (C=O) groups excluding carboxylic acids is 1. The van der Waals surface area contributed by atoms with Gasteiger partial charge in [-0.05, 0) is 31.2 Å². The molecule has 5 nitrogen and oxygen atoms in total. The number of hydrogen-bond donors (Lipinski definition) is 2. The SMILES string of the molecule is C[C@H](Sc1nc(Nc2ccccc2Cl)c2ccccc2n1)C(N)=O. The predicted octanol–water partition coefficient (Wildman–Crippen LogP) is 3.99. The lowest BCUT2D eigenvalue weighted by atomic mass is 10.2. The lowest BCUT2D eigenvalue weighted by Gasteiger charge is -2.12. The van der Waals surface area contributed by atoms with Crippen LogP contribution in [0, 0.1) is 0 Å². The maximum atomic E-state index is 11.3. The van der Waals surface area contributed by atoms with Gasteiger partial charge >= 0.3 is 0 Å². The van der Waals surface area contributed by atoms with Crippen LogP contribution < -0.4 is 11.1 Å². The normalized spacial score (nSPS) is 12.1. The third-order valence-corrected chi connectivity index (χ3v) is 4.70. The summed E-state index contributed by atoms with van der Waals surface area (Å²) in [6, 6.07) is 15.1. The number of rotatable bonds is 5. The lowest BCUT2D eigenvalue weighted by molar-refractivity contribution is -0.117. The molecule has 0 fully saturated rings. The van der Waals surface area contributed by atoms with Crippen molar-refractivity contribution in [3.63, 3.8) is 0 Å². The highest BCUT2D eigenvalue weighted by Crippen LogP contribution is 2.30. The molecule has 2 aromatic carbocycles. The largest absolute Gasteiger partial charge is 0.369 e. The zero-order valence-electron chi connectivity index (χ0n) is 12.9. The van der Waals surface area contributed by atoms with E-state index >= 15 is 0 Å². The Kier molecular flexibility index (Phi) is 4.87. The monoisotopic (exact) mass is 358 g/mol. The molecule has 0 saturated heterocycles. The number of nitrogens with one attached hydrogen (secondary N) is 1. The molecule has 0 radical (unpaired) electrons. The van der Waals surface area contributed by atoms with E-state index in [4.69, 9.17) is 17.3 Å². The van der Waals surface area contributed by atoms with Crippen LogP contribution in [0.5, 0.6) is 0 Å². The molecule has 0 aliphatic rings. The van der Waals surface area contributed by atoms with Crippen LogP contribution in [0.25, 0.3) is 10.9 Å². The average Bonchev–Trinajstić information content (AvgIpc) is 2.57. The van der Waals surface area contributed by atoms with E-state index in [1.807, 2.05) is 42.5 Å². The molecule has 1 heterocycles. The number of anilines is 2. The maximum absolute atomic E-state index is 11.3. The lowest BCUT2D eigenvalue weighted by Crippen LogP contribution is -2.22. The summed E-state index contributed by atoms with van der Waals surface area (Å²) in [7, 11) is 0. The van der Waals surface area contributed by atoms with E-state index in [1.165, 1.54) is 11.8 Å². The van der Waals surface area contributed by atoms with E-state index in [2.05, 4.69) is 15.3 Å². The number of aromatic nitrogens is 2. The quantitative estimate of drug-likeness (QED) is 0.532. The van der Waals surface area contributed by atoms with Crippen LogP contribution in [0.2, 0.25) is 5.02 Å². The summed E-state index contributed by atoms with van der Waals surface area (Å²) < 4.78 is 0. The summed E-state index contributed by atoms with van der Waals surface area (Å²) in [6.07, 6.45) is 0. The van der Waals surface area contributed by atoms with Gasteiger partial charge in [0, 0.05) is 5.39 Å². The number of para-hydroxylation sites is 2. The first kappa shape index (κ1) is 16.5. The fourth-order valence-electron chi connectivity index (χ4n) is 2.11. The standard InChI is InChI=1S/C17H15ClN4OS/c1-10(15(19)23)24-17-21-13-8-4-2-6-11(13)16(22-17)20-14-9-5-3-7-12(14)18/h2-10H,1H3,(H2,19,23)(H,20,21,22)/t10-/m0/s1. The molecule has 0 saturated carbocycles. The summed E-state index contributed by atoms with van der Waals surface area (Å²) in [5.74, 6) is 0.227. The maximum Gasteiger partial charge on any atom is 0.230 e. The molecular weight excluding hydrogens is 344 g/mol. The highest BCUT2D eigenvalue weighted by Gasteiger charge is 2.15. The predicted molar refractivity (Wildman–Crippen MR) is 98.8 cm³/mol. The molecule has 0 spiro atoms. The van der Waals surface area contributed by atoms with Crippen molar-refractivity contribution < 1.29 is 4.79 Å². The molecule has 3 N–H and O–H groups in total. The van der Waals surface area contributed by atoms with Crippen LogP contribution >= 0.6 is 23.4 Å². The number of primary amides is 1. The minimum atomic E-state index is -0.417. The van der Waals surface area contributed by atoms with Crippen LogP contribution in [0.3, 0.4) is 0 Å². The molecule has 1 aromatic heterocycles. The molecule has 7 heteroatoms. The Hall–Kier alpha value is -2.31. The van der Waals surface area contributed by atoms with Gasteiger partial charge in [0.25, 0.3) is 0 Å². The van der Waals surface area contributed by atoms with Crippen molar-refractivity contribution in [2.45, 2.75) is 17.3 Å². The molecule has 24 heavy (non-hydrogen) atoms. The number of hydrogen-bond acceptors (Lipinski definition) is 5. The minimum absolute atomic E-state index is 0.405. The Labute approximate surface area is 148 Å². The van der Waals surface area contributed by atoms with E-state index in [9.17, 15) is 4.79 Å². The molecule has 1 atom stereocenters. The summed E-state index contributed by atoms with van der Waals surface area (Å²) in [6.45, 7) is 1.73. The number of thioether (sulfide) groups is 1. The molecular formula is C17H15ClN4OS. The Morgan fingerprint density at radius 2 is 1.88 bits per heavy atom. The minimum Gasteiger partial charge on any atom is -0.369 e. The summed E-state index contributed by atoms with van der Waals surface area (Å²) in [5.41, 5.74) is 6.86. The number of benzene rings is 2. The molecule has 0 bridgehead atoms. The summed E-state index contributed by atoms with van der Waals surface area (Å²) >= 11 is 7.44. The molecule has 3 aromatic rings. The van der Waals surface area contributed by atoms with Gasteiger partial charge in [0.2, 0.25) is 5.91 Å². The first-order valence-corrected chi connectivity index (χ1v) is 8.54. The van der Waals surface area contributed by atoms with Gasteiger partial charge in [-0.1, -0.05) is 47.6 Å². The molecule has 0 aliphatic carbocycles. The van der Waals surface area contributed by atoms with E-state index in [0.717, 1.165) is 16.6 Å². The van der Waals surface area contributed by atoms with Crippen molar-refractivity contribution in [3.05, 3.63) is 53.6 Å². The fraction of sp³-hybridized carbons (Fsp3) is 0.118. The van der Waals surface area contributed by atoms with Crippen molar-refractivity contribution in [1.29, 1.82) is 0 Å². The highest BCUT2D eigenvalue weighted by molar-refractivity contribution is 8.00. The first-order valence-electron chi connectivity index (χ1n) is 7.29. The van der Waals surface area contributed by atoms with Gasteiger partial charge in [0.05, 0.1) is 21.5 Å². The topological polar surface area (TPSA) is 80.9 Å². The number of halogens is 1. The van der Waals surface area contributed by atoms with Gasteiger partial charge in [0.15, 0.2) is 5.16 Å². The average molecular weight is 359 g/mol. The van der Waals surface area contributed by atoms with Gasteiger partial charge in [0.1, 0.15) is 5.82 Å². The third kappa shape index (κ3) is 3.60. The van der Waals surface area contributed by atoms with Crippen LogP contribution in [-0.4, -0.2) is 21.1 Å². The fourth-order valence-corrected chi connectivity index (χ4v) is 3.02. The van der Waals surface area contributed by atoms with E-state index in [0.29, 0.717) is 16.0 Å². The molecule has 0 unspecified atom stereocenters. The smallest absolute Gasteiger partial charge is 0.230 e. The third-order valence-electron chi connectivity index (χ3n) is 3.39. The van der Waals surface area contributed by atoms with Crippen molar-refractivity contribution in [3.8, 4) is 0 Å². The van der Waals surface area contributed by atoms with Gasteiger partial charge in [-0.3, -0.25) is 4.79 Å². The Morgan fingerprint density at radius 1 is 1.17 bits per heavy atom. The number of nitrogens with zero attached hydrogens (tertiary/aromatic N) is 2. The van der Waals surface area contributed by atoms with Gasteiger partial charge < -0.3 is 11.1 Å². The Balaban J connectivity index is 2.04. The number of amides is 1. The van der Waals surface area contributed by atoms with Crippen LogP contribution in [-0.2, 0) is 4.79 Å². The second-order valence-corrected chi connectivity index (χ2v) is 6.85. The second-order valence-electron chi connectivity index (χ2n) is 5.14. The van der Waals surface area contributed by atoms with Crippen molar-refractivity contribution in [2.24, 2.45) is 5.73 Å². The number of carbonyl (C=O) groups is 1. The van der Waals surface area contributed by atoms with E-state index in [-0.39, 0.29) is 0 Å². The van der Waals surface area contributed by atoms with Crippen LogP contribution in [0.1, 0.15) is 6.92 Å². The second kappa shape index (κ2) is 7.07. The van der Waals surface area contributed by atoms with E-state index < -0.39 is 11.2 Å². The molecule has 0 aliphatic heterocycles. The Morgan fingerprint density at radius 3 is 2.62 bits per heavy atom. The molecule has 122 valence electrons. The Bertz CT molecular complexity index is 903. The highest BCUT2D eigenvalue weighted by atomic mass is 35.5. The van der Waals surface area contributed by atoms with Gasteiger partial charge in [-0.2, -0.15) is 0 Å². The van der Waals surface area contributed by atoms with Crippen molar-refractivity contribution >= 4 is 51.7 Å². The van der Waals surface area contributed by atoms with Crippen molar-refractivity contribution in [2.75, 3.05) is 5.32 Å². The van der Waals surface area contributed by atoms with Crippen LogP contribution in [0.4, 0.5) is 11.5 Å². The zero-order chi connectivity index (χ0) is 17.1. The summed E-state index contributed by atoms with van der Waals surface area (Å²) in [5, 5.41) is 4.78. The van der Waals surface area contributed by atoms with Crippen molar-refractivity contribution in [1.82, 2.24) is 9.97 Å². The number of fused-ring (bicyclic) bond motifs is 1. The van der Waals surface area contributed by atoms with Crippen LogP contribution in [0.15, 0.2) is 53.7 Å². The first-order chi connectivity index (χ1) is 11.5. The molecule has 3 rings (SSSR count). The van der Waals surface area contributed by atoms with Gasteiger partial charge in [-0.15, -0.1) is 0 Å². The van der Waals surface area contributed by atoms with Gasteiger partial charge in [-0.25, -0.2) is 9.97 Å². The summed E-state index contributed by atoms with van der Waals surface area (Å²) in [4.78, 5) is 20.3. The number of nitrogens with two attached hydrogens (primary N) is 1. The molecule has 1 amide bonds. The zero-order valence-corrected chi connectivity index (χ0v) is 14.4.